The Kier molecular flexibility index (Phi) is 4.85. The zero-order valence-corrected chi connectivity index (χ0v) is 16.3. The quantitative estimate of drug-likeness (QED) is 0.821. The van der Waals surface area contributed by atoms with Crippen LogP contribution in [0.2, 0.25) is 0 Å². The van der Waals surface area contributed by atoms with Gasteiger partial charge in [-0.2, -0.15) is 0 Å². The molecule has 3 atom stereocenters. The minimum absolute atomic E-state index is 0.0585. The van der Waals surface area contributed by atoms with Gasteiger partial charge in [-0.05, 0) is 68.9 Å². The summed E-state index contributed by atoms with van der Waals surface area (Å²) in [7, 11) is 0. The molecule has 4 heteroatoms. The standard InChI is InChI=1S/C23H33N3O/c27-23-25-21-7-3-4-8-22(21)26(23)20-13-11-18(12-14-20)24-19-10-9-16-5-1-2-6-17(16)15-19/h3-4,7-8,16-20,24H,1-2,5-6,9-15H2,(H,25,27). The summed E-state index contributed by atoms with van der Waals surface area (Å²) in [4.78, 5) is 15.5. The molecule has 0 aliphatic heterocycles. The Balaban J connectivity index is 1.19. The van der Waals surface area contributed by atoms with Crippen molar-refractivity contribution in [3.63, 3.8) is 0 Å². The molecule has 5 rings (SSSR count). The normalized spacial score (nSPS) is 34.4. The highest BCUT2D eigenvalue weighted by molar-refractivity contribution is 5.75. The first-order valence-corrected chi connectivity index (χ1v) is 11.2. The summed E-state index contributed by atoms with van der Waals surface area (Å²) >= 11 is 0. The van der Waals surface area contributed by atoms with Gasteiger partial charge in [0, 0.05) is 18.1 Å². The molecule has 0 bridgehead atoms. The lowest BCUT2D eigenvalue weighted by molar-refractivity contribution is 0.132. The molecule has 3 aliphatic carbocycles. The van der Waals surface area contributed by atoms with E-state index in [9.17, 15) is 4.79 Å². The van der Waals surface area contributed by atoms with Gasteiger partial charge >= 0.3 is 5.69 Å². The van der Waals surface area contributed by atoms with Crippen LogP contribution < -0.4 is 11.0 Å². The van der Waals surface area contributed by atoms with Crippen LogP contribution in [-0.2, 0) is 0 Å². The van der Waals surface area contributed by atoms with Crippen molar-refractivity contribution >= 4 is 11.0 Å². The molecule has 0 radical (unpaired) electrons. The van der Waals surface area contributed by atoms with Crippen LogP contribution in [0.5, 0.6) is 0 Å². The summed E-state index contributed by atoms with van der Waals surface area (Å²) in [5.41, 5.74) is 2.09. The van der Waals surface area contributed by atoms with Gasteiger partial charge in [-0.25, -0.2) is 4.79 Å². The zero-order valence-electron chi connectivity index (χ0n) is 16.3. The molecule has 2 N–H and O–H groups in total. The maximum absolute atomic E-state index is 12.5. The monoisotopic (exact) mass is 367 g/mol. The third kappa shape index (κ3) is 3.49. The van der Waals surface area contributed by atoms with Crippen LogP contribution in [0.25, 0.3) is 11.0 Å². The highest BCUT2D eigenvalue weighted by Crippen LogP contribution is 2.41. The summed E-state index contributed by atoms with van der Waals surface area (Å²) in [6.45, 7) is 0. The molecule has 27 heavy (non-hydrogen) atoms. The SMILES string of the molecule is O=c1[nH]c2ccccc2n1C1CCC(NC2CCC3CCCCC3C2)CC1. The molecule has 2 aromatic rings. The number of nitrogens with zero attached hydrogens (tertiary/aromatic N) is 1. The van der Waals surface area contributed by atoms with Gasteiger partial charge < -0.3 is 10.3 Å². The first-order valence-electron chi connectivity index (χ1n) is 11.2. The molecule has 3 saturated carbocycles. The number of aromatic nitrogens is 2. The van der Waals surface area contributed by atoms with Crippen LogP contribution in [0, 0.1) is 11.8 Å². The van der Waals surface area contributed by atoms with Crippen molar-refractivity contribution < 1.29 is 0 Å². The summed E-state index contributed by atoms with van der Waals surface area (Å²) < 4.78 is 2.01. The van der Waals surface area contributed by atoms with Crippen LogP contribution >= 0.6 is 0 Å². The Hall–Kier alpha value is -1.55. The molecule has 3 fully saturated rings. The number of benzene rings is 1. The van der Waals surface area contributed by atoms with Crippen molar-refractivity contribution in [3.8, 4) is 0 Å². The first kappa shape index (κ1) is 17.5. The van der Waals surface area contributed by atoms with E-state index in [-0.39, 0.29) is 5.69 Å². The maximum Gasteiger partial charge on any atom is 0.326 e. The molecule has 1 aromatic heterocycles. The fourth-order valence-electron chi connectivity index (χ4n) is 6.30. The van der Waals surface area contributed by atoms with Crippen molar-refractivity contribution in [3.05, 3.63) is 34.7 Å². The van der Waals surface area contributed by atoms with E-state index in [1.807, 2.05) is 22.8 Å². The van der Waals surface area contributed by atoms with Gasteiger partial charge in [0.15, 0.2) is 0 Å². The number of nitrogens with one attached hydrogen (secondary N) is 2. The molecular weight excluding hydrogens is 334 g/mol. The molecule has 146 valence electrons. The van der Waals surface area contributed by atoms with Gasteiger partial charge in [-0.1, -0.05) is 37.8 Å². The van der Waals surface area contributed by atoms with Crippen molar-refractivity contribution in [1.82, 2.24) is 14.9 Å². The van der Waals surface area contributed by atoms with Crippen LogP contribution in [0.4, 0.5) is 0 Å². The predicted octanol–water partition coefficient (Wildman–Crippen LogP) is 4.76. The molecule has 1 aromatic carbocycles. The first-order chi connectivity index (χ1) is 13.3. The summed E-state index contributed by atoms with van der Waals surface area (Å²) in [6.07, 6.45) is 14.7. The molecule has 0 spiro atoms. The van der Waals surface area contributed by atoms with Crippen LogP contribution in [0.15, 0.2) is 29.1 Å². The van der Waals surface area contributed by atoms with Crippen molar-refractivity contribution in [2.45, 2.75) is 88.8 Å². The van der Waals surface area contributed by atoms with E-state index in [0.717, 1.165) is 41.8 Å². The minimum Gasteiger partial charge on any atom is -0.311 e. The topological polar surface area (TPSA) is 49.8 Å². The van der Waals surface area contributed by atoms with E-state index < -0.39 is 0 Å². The Labute approximate surface area is 161 Å². The number of hydrogen-bond donors (Lipinski definition) is 2. The number of rotatable bonds is 3. The van der Waals surface area contributed by atoms with E-state index in [4.69, 9.17) is 0 Å². The maximum atomic E-state index is 12.5. The molecule has 1 heterocycles. The van der Waals surface area contributed by atoms with Gasteiger partial charge in [0.2, 0.25) is 0 Å². The molecule has 3 aliphatic rings. The fourth-order valence-corrected chi connectivity index (χ4v) is 6.30. The second-order valence-corrected chi connectivity index (χ2v) is 9.30. The van der Waals surface area contributed by atoms with Crippen molar-refractivity contribution in [2.75, 3.05) is 0 Å². The van der Waals surface area contributed by atoms with E-state index in [0.29, 0.717) is 12.1 Å². The van der Waals surface area contributed by atoms with Crippen LogP contribution in [-0.4, -0.2) is 21.6 Å². The average molecular weight is 368 g/mol. The van der Waals surface area contributed by atoms with Gasteiger partial charge in [0.25, 0.3) is 0 Å². The van der Waals surface area contributed by atoms with Crippen LogP contribution in [0.3, 0.4) is 0 Å². The Morgan fingerprint density at radius 3 is 2.44 bits per heavy atom. The zero-order chi connectivity index (χ0) is 18.2. The van der Waals surface area contributed by atoms with E-state index >= 15 is 0 Å². The number of H-pyrrole nitrogens is 1. The minimum atomic E-state index is 0.0585. The predicted molar refractivity (Wildman–Crippen MR) is 110 cm³/mol. The number of aromatic amines is 1. The Morgan fingerprint density at radius 2 is 1.59 bits per heavy atom. The third-order valence-electron chi connectivity index (χ3n) is 7.70. The molecule has 0 amide bonds. The van der Waals surface area contributed by atoms with Crippen molar-refractivity contribution in [2.24, 2.45) is 11.8 Å². The summed E-state index contributed by atoms with van der Waals surface area (Å²) in [5, 5.41) is 4.01. The third-order valence-corrected chi connectivity index (χ3v) is 7.70. The van der Waals surface area contributed by atoms with Gasteiger partial charge in [-0.3, -0.25) is 4.57 Å². The molecule has 0 saturated heterocycles. The molecule has 4 nitrogen and oxygen atoms in total. The number of hydrogen-bond acceptors (Lipinski definition) is 2. The lowest BCUT2D eigenvalue weighted by Gasteiger charge is -2.41. The highest BCUT2D eigenvalue weighted by Gasteiger charge is 2.33. The molecular formula is C23H33N3O. The largest absolute Gasteiger partial charge is 0.326 e. The van der Waals surface area contributed by atoms with Gasteiger partial charge in [0.1, 0.15) is 0 Å². The number of fused-ring (bicyclic) bond motifs is 2. The number of para-hydroxylation sites is 2. The second-order valence-electron chi connectivity index (χ2n) is 9.30. The van der Waals surface area contributed by atoms with E-state index in [2.05, 4.69) is 16.4 Å². The second kappa shape index (κ2) is 7.46. The van der Waals surface area contributed by atoms with Gasteiger partial charge in [0.05, 0.1) is 11.0 Å². The van der Waals surface area contributed by atoms with Crippen LogP contribution in [0.1, 0.15) is 76.7 Å². The van der Waals surface area contributed by atoms with E-state index in [1.54, 1.807) is 0 Å². The summed E-state index contributed by atoms with van der Waals surface area (Å²) in [6, 6.07) is 9.82. The van der Waals surface area contributed by atoms with Crippen molar-refractivity contribution in [1.29, 1.82) is 0 Å². The lowest BCUT2D eigenvalue weighted by atomic mass is 9.69. The van der Waals surface area contributed by atoms with Gasteiger partial charge in [-0.15, -0.1) is 0 Å². The summed E-state index contributed by atoms with van der Waals surface area (Å²) in [5.74, 6) is 2.02. The smallest absolute Gasteiger partial charge is 0.311 e. The number of imidazole rings is 1. The Bertz CT molecular complexity index is 830. The fraction of sp³-hybridized carbons (Fsp3) is 0.696. The lowest BCUT2D eigenvalue weighted by Crippen LogP contribution is -2.45. The highest BCUT2D eigenvalue weighted by atomic mass is 16.1. The van der Waals surface area contributed by atoms with E-state index in [1.165, 1.54) is 57.8 Å². The molecule has 3 unspecified atom stereocenters. The Morgan fingerprint density at radius 1 is 0.852 bits per heavy atom. The average Bonchev–Trinajstić information content (AvgIpc) is 3.04.